The van der Waals surface area contributed by atoms with Crippen molar-refractivity contribution >= 4 is 35.1 Å². The van der Waals surface area contributed by atoms with Crippen LogP contribution in [0.2, 0.25) is 0 Å². The Morgan fingerprint density at radius 3 is 2.52 bits per heavy atom. The number of thioether (sulfide) groups is 1. The summed E-state index contributed by atoms with van der Waals surface area (Å²) in [5.74, 6) is -0.805. The molecular formula is C17H20N4O3S. The van der Waals surface area contributed by atoms with Gasteiger partial charge in [0.2, 0.25) is 5.91 Å². The Morgan fingerprint density at radius 1 is 1.24 bits per heavy atom. The van der Waals surface area contributed by atoms with Crippen molar-refractivity contribution in [1.82, 2.24) is 9.97 Å². The van der Waals surface area contributed by atoms with Gasteiger partial charge < -0.3 is 10.6 Å². The molecule has 8 heteroatoms. The lowest BCUT2D eigenvalue weighted by molar-refractivity contribution is -0.114. The molecule has 3 N–H and O–H groups in total. The highest BCUT2D eigenvalue weighted by Gasteiger charge is 2.17. The first-order valence-electron chi connectivity index (χ1n) is 7.85. The summed E-state index contributed by atoms with van der Waals surface area (Å²) in [6.45, 7) is 5.35. The fourth-order valence-corrected chi connectivity index (χ4v) is 2.77. The Bertz CT molecular complexity index is 820. The first kappa shape index (κ1) is 18.7. The van der Waals surface area contributed by atoms with Crippen LogP contribution in [-0.2, 0) is 4.79 Å². The van der Waals surface area contributed by atoms with E-state index in [1.54, 1.807) is 30.3 Å². The predicted molar refractivity (Wildman–Crippen MR) is 99.2 cm³/mol. The zero-order chi connectivity index (χ0) is 18.4. The van der Waals surface area contributed by atoms with Crippen LogP contribution in [0, 0.1) is 0 Å². The monoisotopic (exact) mass is 360 g/mol. The smallest absolute Gasteiger partial charge is 0.277 e. The lowest BCUT2D eigenvalue weighted by Crippen LogP contribution is -2.24. The largest absolute Gasteiger partial charge is 0.314 e. The second kappa shape index (κ2) is 8.48. The topological polar surface area (TPSA) is 104 Å². The highest BCUT2D eigenvalue weighted by Crippen LogP contribution is 2.24. The minimum absolute atomic E-state index is 0.0336. The normalized spacial score (nSPS) is 11.6. The lowest BCUT2D eigenvalue weighted by Gasteiger charge is -2.13. The second-order valence-corrected chi connectivity index (χ2v) is 6.86. The molecule has 0 radical (unpaired) electrons. The van der Waals surface area contributed by atoms with Gasteiger partial charge in [-0.25, -0.2) is 4.98 Å². The third kappa shape index (κ3) is 5.18. The second-order valence-electron chi connectivity index (χ2n) is 5.43. The molecule has 0 bridgehead atoms. The maximum Gasteiger partial charge on any atom is 0.277 e. The molecule has 0 aliphatic carbocycles. The lowest BCUT2D eigenvalue weighted by atomic mass is 10.2. The van der Waals surface area contributed by atoms with Crippen LogP contribution >= 0.6 is 11.8 Å². The molecule has 0 fully saturated rings. The molecule has 2 amide bonds. The minimum atomic E-state index is -0.520. The van der Waals surface area contributed by atoms with Crippen LogP contribution in [0.1, 0.15) is 37.6 Å². The quantitative estimate of drug-likeness (QED) is 0.543. The maximum atomic E-state index is 12.4. The standard InChI is InChI=1S/C17H20N4O3S/c1-4-10(2)25-17-20-14(18-11(3)22)13(16(24)21-17)19-15(23)12-8-6-5-7-9-12/h5-10H,4H2,1-3H3,(H,19,23)(H2,18,20,21,22,24)/t10-/m1/s1. The van der Waals surface area contributed by atoms with Crippen molar-refractivity contribution in [3.63, 3.8) is 0 Å². The molecule has 0 unspecified atom stereocenters. The molecule has 2 rings (SSSR count). The van der Waals surface area contributed by atoms with Crippen molar-refractivity contribution < 1.29 is 9.59 Å². The summed E-state index contributed by atoms with van der Waals surface area (Å²) in [7, 11) is 0. The van der Waals surface area contributed by atoms with Gasteiger partial charge in [0.25, 0.3) is 11.5 Å². The highest BCUT2D eigenvalue weighted by molar-refractivity contribution is 7.99. The van der Waals surface area contributed by atoms with Crippen LogP contribution in [0.5, 0.6) is 0 Å². The van der Waals surface area contributed by atoms with E-state index in [9.17, 15) is 14.4 Å². The van der Waals surface area contributed by atoms with E-state index < -0.39 is 11.5 Å². The minimum Gasteiger partial charge on any atom is -0.314 e. The molecule has 1 atom stereocenters. The molecule has 1 aromatic carbocycles. The van der Waals surface area contributed by atoms with Crippen molar-refractivity contribution in [1.29, 1.82) is 0 Å². The van der Waals surface area contributed by atoms with Gasteiger partial charge in [-0.1, -0.05) is 43.8 Å². The van der Waals surface area contributed by atoms with Crippen molar-refractivity contribution in [3.8, 4) is 0 Å². The van der Waals surface area contributed by atoms with E-state index in [1.807, 2.05) is 13.8 Å². The predicted octanol–water partition coefficient (Wildman–Crippen LogP) is 2.87. The number of hydrogen-bond donors (Lipinski definition) is 3. The van der Waals surface area contributed by atoms with E-state index in [0.29, 0.717) is 10.7 Å². The summed E-state index contributed by atoms with van der Waals surface area (Å²) in [6.07, 6.45) is 0.899. The number of hydrogen-bond acceptors (Lipinski definition) is 5. The summed E-state index contributed by atoms with van der Waals surface area (Å²) in [6, 6.07) is 8.48. The molecule has 0 spiro atoms. The van der Waals surface area contributed by atoms with Crippen LogP contribution in [-0.4, -0.2) is 27.0 Å². The van der Waals surface area contributed by atoms with Gasteiger partial charge in [-0.2, -0.15) is 0 Å². The zero-order valence-electron chi connectivity index (χ0n) is 14.3. The van der Waals surface area contributed by atoms with Gasteiger partial charge in [-0.05, 0) is 18.6 Å². The molecule has 1 aromatic heterocycles. The van der Waals surface area contributed by atoms with E-state index in [0.717, 1.165) is 6.42 Å². The molecule has 1 heterocycles. The van der Waals surface area contributed by atoms with E-state index in [1.165, 1.54) is 18.7 Å². The number of aromatic amines is 1. The Kier molecular flexibility index (Phi) is 6.35. The number of amides is 2. The van der Waals surface area contributed by atoms with Gasteiger partial charge in [0.15, 0.2) is 16.7 Å². The number of carbonyl (C=O) groups excluding carboxylic acids is 2. The number of H-pyrrole nitrogens is 1. The van der Waals surface area contributed by atoms with Gasteiger partial charge in [-0.15, -0.1) is 0 Å². The number of benzene rings is 1. The van der Waals surface area contributed by atoms with Crippen LogP contribution in [0.25, 0.3) is 0 Å². The van der Waals surface area contributed by atoms with Gasteiger partial charge >= 0.3 is 0 Å². The van der Waals surface area contributed by atoms with Crippen molar-refractivity contribution in [3.05, 3.63) is 46.2 Å². The Balaban J connectivity index is 2.36. The molecule has 132 valence electrons. The average molecular weight is 360 g/mol. The van der Waals surface area contributed by atoms with Crippen LogP contribution in [0.4, 0.5) is 11.5 Å². The summed E-state index contributed by atoms with van der Waals surface area (Å²) in [5, 5.41) is 5.67. The SMILES string of the molecule is CC[C@@H](C)Sc1nc(NC(C)=O)c(NC(=O)c2ccccc2)c(=O)[nH]1. The van der Waals surface area contributed by atoms with Crippen molar-refractivity contribution in [2.24, 2.45) is 0 Å². The molecule has 0 saturated heterocycles. The number of rotatable bonds is 6. The van der Waals surface area contributed by atoms with E-state index in [2.05, 4.69) is 20.6 Å². The highest BCUT2D eigenvalue weighted by atomic mass is 32.2. The van der Waals surface area contributed by atoms with Crippen LogP contribution < -0.4 is 16.2 Å². The maximum absolute atomic E-state index is 12.4. The number of aromatic nitrogens is 2. The van der Waals surface area contributed by atoms with E-state index >= 15 is 0 Å². The van der Waals surface area contributed by atoms with Crippen LogP contribution in [0.3, 0.4) is 0 Å². The summed E-state index contributed by atoms with van der Waals surface area (Å²) in [4.78, 5) is 43.1. The first-order valence-corrected chi connectivity index (χ1v) is 8.73. The Hall–Kier alpha value is -2.61. The number of nitrogens with zero attached hydrogens (tertiary/aromatic N) is 1. The third-order valence-corrected chi connectivity index (χ3v) is 4.51. The van der Waals surface area contributed by atoms with Gasteiger partial charge in [-0.3, -0.25) is 19.4 Å². The Labute approximate surface area is 149 Å². The number of anilines is 2. The van der Waals surface area contributed by atoms with Crippen LogP contribution in [0.15, 0.2) is 40.3 Å². The molecule has 7 nitrogen and oxygen atoms in total. The van der Waals surface area contributed by atoms with Crippen molar-refractivity contribution in [2.45, 2.75) is 37.6 Å². The molecule has 25 heavy (non-hydrogen) atoms. The van der Waals surface area contributed by atoms with Gasteiger partial charge in [0, 0.05) is 17.7 Å². The van der Waals surface area contributed by atoms with Gasteiger partial charge in [0.1, 0.15) is 0 Å². The zero-order valence-corrected chi connectivity index (χ0v) is 15.1. The summed E-state index contributed by atoms with van der Waals surface area (Å²) in [5.41, 5.74) is -0.208. The fourth-order valence-electron chi connectivity index (χ4n) is 1.93. The average Bonchev–Trinajstić information content (AvgIpc) is 2.58. The summed E-state index contributed by atoms with van der Waals surface area (Å²) >= 11 is 1.39. The number of nitrogens with one attached hydrogen (secondary N) is 3. The van der Waals surface area contributed by atoms with Gasteiger partial charge in [0.05, 0.1) is 0 Å². The Morgan fingerprint density at radius 2 is 1.92 bits per heavy atom. The fraction of sp³-hybridized carbons (Fsp3) is 0.294. The molecular weight excluding hydrogens is 340 g/mol. The van der Waals surface area contributed by atoms with E-state index in [-0.39, 0.29) is 22.7 Å². The third-order valence-electron chi connectivity index (χ3n) is 3.35. The molecule has 0 aliphatic rings. The number of carbonyl (C=O) groups is 2. The molecule has 0 saturated carbocycles. The molecule has 0 aliphatic heterocycles. The van der Waals surface area contributed by atoms with E-state index in [4.69, 9.17) is 0 Å². The summed E-state index contributed by atoms with van der Waals surface area (Å²) < 4.78 is 0. The van der Waals surface area contributed by atoms with Crippen molar-refractivity contribution in [2.75, 3.05) is 10.6 Å². The first-order chi connectivity index (χ1) is 11.9. The molecule has 2 aromatic rings.